The van der Waals surface area contributed by atoms with Crippen LogP contribution in [0.4, 0.5) is 0 Å². The maximum absolute atomic E-state index is 12.4. The summed E-state index contributed by atoms with van der Waals surface area (Å²) in [5.74, 6) is 0.197. The van der Waals surface area contributed by atoms with Crippen LogP contribution in [-0.4, -0.2) is 27.8 Å². The Kier molecular flexibility index (Phi) is 7.59. The minimum atomic E-state index is -0.479. The van der Waals surface area contributed by atoms with Gasteiger partial charge in [0.05, 0.1) is 17.3 Å². The minimum absolute atomic E-state index is 0. The predicted molar refractivity (Wildman–Crippen MR) is 106 cm³/mol. The van der Waals surface area contributed by atoms with Crippen LogP contribution in [0.15, 0.2) is 33.9 Å². The van der Waals surface area contributed by atoms with Crippen molar-refractivity contribution < 1.29 is 4.79 Å². The molecule has 1 aromatic carbocycles. The van der Waals surface area contributed by atoms with E-state index in [1.165, 1.54) is 4.68 Å². The van der Waals surface area contributed by atoms with Crippen molar-refractivity contribution in [3.8, 4) is 0 Å². The predicted octanol–water partition coefficient (Wildman–Crippen LogP) is 1.38. The van der Waals surface area contributed by atoms with Crippen LogP contribution in [0.5, 0.6) is 0 Å². The molecule has 0 saturated heterocycles. The highest BCUT2D eigenvalue weighted by Gasteiger charge is 2.25. The van der Waals surface area contributed by atoms with Crippen LogP contribution in [-0.2, 0) is 11.3 Å². The average molecular weight is 383 g/mol. The molecule has 0 aliphatic carbocycles. The second-order valence-corrected chi connectivity index (χ2v) is 7.10. The number of fused-ring (bicyclic) bond motifs is 1. The number of halogens is 1. The number of hydrogen-bond acceptors (Lipinski definition) is 4. The molecule has 1 heterocycles. The zero-order valence-corrected chi connectivity index (χ0v) is 16.2. The van der Waals surface area contributed by atoms with E-state index in [9.17, 15) is 14.4 Å². The smallest absolute Gasteiger partial charge is 0.273 e. The first kappa shape index (κ1) is 21.9. The molecule has 8 heteroatoms. The summed E-state index contributed by atoms with van der Waals surface area (Å²) in [6.07, 6.45) is 0.851. The number of hydrogen-bond donors (Lipinski definition) is 3. The maximum Gasteiger partial charge on any atom is 0.273 e. The van der Waals surface area contributed by atoms with E-state index < -0.39 is 5.54 Å². The number of benzene rings is 1. The number of aromatic nitrogens is 2. The number of carbonyl (C=O) groups excluding carboxylic acids is 1. The summed E-state index contributed by atoms with van der Waals surface area (Å²) in [5.41, 5.74) is 4.66. The molecule has 2 rings (SSSR count). The summed E-state index contributed by atoms with van der Waals surface area (Å²) >= 11 is 0. The number of nitrogens with two attached hydrogens (primary N) is 1. The Morgan fingerprint density at radius 2 is 1.88 bits per heavy atom. The fourth-order valence-electron chi connectivity index (χ4n) is 3.10. The van der Waals surface area contributed by atoms with Gasteiger partial charge in [0.15, 0.2) is 0 Å². The molecule has 1 atom stereocenters. The van der Waals surface area contributed by atoms with Gasteiger partial charge in [0.2, 0.25) is 5.91 Å². The number of nitrogens with one attached hydrogen (secondary N) is 2. The van der Waals surface area contributed by atoms with E-state index >= 15 is 0 Å². The molecule has 26 heavy (non-hydrogen) atoms. The van der Waals surface area contributed by atoms with Crippen molar-refractivity contribution in [1.29, 1.82) is 0 Å². The van der Waals surface area contributed by atoms with Crippen molar-refractivity contribution >= 4 is 29.1 Å². The van der Waals surface area contributed by atoms with Gasteiger partial charge in [-0.3, -0.25) is 19.5 Å². The summed E-state index contributed by atoms with van der Waals surface area (Å²) in [6, 6.07) is 6.62. The number of rotatable bonds is 7. The largest absolute Gasteiger partial charge is 0.350 e. The lowest BCUT2D eigenvalue weighted by Gasteiger charge is -2.31. The van der Waals surface area contributed by atoms with Gasteiger partial charge in [0.25, 0.3) is 11.1 Å². The summed E-state index contributed by atoms with van der Waals surface area (Å²) in [7, 11) is 0. The van der Waals surface area contributed by atoms with E-state index in [1.807, 2.05) is 6.92 Å². The van der Waals surface area contributed by atoms with E-state index in [0.717, 1.165) is 6.42 Å². The zero-order valence-electron chi connectivity index (χ0n) is 15.4. The van der Waals surface area contributed by atoms with Crippen LogP contribution in [0.3, 0.4) is 0 Å². The Bertz CT molecular complexity index is 875. The standard InChI is InChI=1S/C18H26N4O3.ClH/c1-12(2)10-18(3,11-19)20-15(23)8-9-22-17(25)14-7-5-4-6-13(14)16(24)21-22;/h4-7,12H,8-11,19H2,1-3H3,(H,20,23)(H,21,24);1H. The van der Waals surface area contributed by atoms with Crippen molar-refractivity contribution in [3.63, 3.8) is 0 Å². The van der Waals surface area contributed by atoms with Gasteiger partial charge in [0, 0.05) is 18.5 Å². The molecule has 4 N–H and O–H groups in total. The van der Waals surface area contributed by atoms with E-state index in [-0.39, 0.29) is 42.4 Å². The Labute approximate surface area is 158 Å². The highest BCUT2D eigenvalue weighted by Crippen LogP contribution is 2.15. The number of carbonyl (C=O) groups is 1. The van der Waals surface area contributed by atoms with Crippen molar-refractivity contribution in [2.75, 3.05) is 6.54 Å². The van der Waals surface area contributed by atoms with E-state index in [0.29, 0.717) is 23.2 Å². The van der Waals surface area contributed by atoms with Gasteiger partial charge in [-0.25, -0.2) is 4.68 Å². The Hall–Kier alpha value is -2.12. The Balaban J connectivity index is 0.00000338. The fourth-order valence-corrected chi connectivity index (χ4v) is 3.10. The zero-order chi connectivity index (χ0) is 18.6. The van der Waals surface area contributed by atoms with Crippen molar-refractivity contribution in [2.45, 2.75) is 45.7 Å². The third kappa shape index (κ3) is 5.19. The van der Waals surface area contributed by atoms with Crippen molar-refractivity contribution in [3.05, 3.63) is 45.0 Å². The first-order valence-corrected chi connectivity index (χ1v) is 8.49. The molecule has 0 aliphatic heterocycles. The first-order chi connectivity index (χ1) is 11.8. The summed E-state index contributed by atoms with van der Waals surface area (Å²) in [5, 5.41) is 6.17. The monoisotopic (exact) mass is 382 g/mol. The summed E-state index contributed by atoms with van der Waals surface area (Å²) in [6.45, 7) is 6.49. The van der Waals surface area contributed by atoms with Gasteiger partial charge in [-0.1, -0.05) is 26.0 Å². The molecule has 0 aliphatic rings. The molecule has 2 aromatic rings. The third-order valence-electron chi connectivity index (χ3n) is 4.20. The first-order valence-electron chi connectivity index (χ1n) is 8.49. The van der Waals surface area contributed by atoms with Gasteiger partial charge in [-0.15, -0.1) is 12.4 Å². The van der Waals surface area contributed by atoms with Crippen molar-refractivity contribution in [1.82, 2.24) is 15.1 Å². The maximum atomic E-state index is 12.4. The summed E-state index contributed by atoms with van der Waals surface area (Å²) in [4.78, 5) is 36.7. The molecule has 1 unspecified atom stereocenters. The lowest BCUT2D eigenvalue weighted by Crippen LogP contribution is -2.52. The molecule has 0 saturated carbocycles. The number of aryl methyl sites for hydroxylation is 1. The topological polar surface area (TPSA) is 110 Å². The lowest BCUT2D eigenvalue weighted by atomic mass is 9.90. The van der Waals surface area contributed by atoms with E-state index in [1.54, 1.807) is 24.3 Å². The highest BCUT2D eigenvalue weighted by atomic mass is 35.5. The summed E-state index contributed by atoms with van der Waals surface area (Å²) < 4.78 is 1.19. The number of amides is 1. The molecule has 7 nitrogen and oxygen atoms in total. The van der Waals surface area contributed by atoms with Crippen LogP contribution in [0, 0.1) is 5.92 Å². The molecule has 1 aromatic heterocycles. The number of H-pyrrole nitrogens is 1. The molecule has 0 fully saturated rings. The van der Waals surface area contributed by atoms with E-state index in [4.69, 9.17) is 5.73 Å². The second-order valence-electron chi connectivity index (χ2n) is 7.10. The number of aromatic amines is 1. The molecular formula is C18H27ClN4O3. The van der Waals surface area contributed by atoms with Crippen molar-refractivity contribution in [2.24, 2.45) is 11.7 Å². The minimum Gasteiger partial charge on any atom is -0.350 e. The SMILES string of the molecule is CC(C)CC(C)(CN)NC(=O)CCn1[nH]c(=O)c2ccccc2c1=O.Cl. The van der Waals surface area contributed by atoms with Gasteiger partial charge in [0.1, 0.15) is 0 Å². The highest BCUT2D eigenvalue weighted by molar-refractivity contribution is 5.85. The third-order valence-corrected chi connectivity index (χ3v) is 4.20. The lowest BCUT2D eigenvalue weighted by molar-refractivity contribution is -0.123. The molecule has 0 bridgehead atoms. The molecule has 0 spiro atoms. The van der Waals surface area contributed by atoms with Crippen LogP contribution in [0.2, 0.25) is 0 Å². The quantitative estimate of drug-likeness (QED) is 0.671. The normalized spacial score (nSPS) is 13.3. The molecule has 0 radical (unpaired) electrons. The van der Waals surface area contributed by atoms with Crippen LogP contribution < -0.4 is 22.2 Å². The van der Waals surface area contributed by atoms with Gasteiger partial charge >= 0.3 is 0 Å². The van der Waals surface area contributed by atoms with E-state index in [2.05, 4.69) is 24.3 Å². The Morgan fingerprint density at radius 1 is 1.27 bits per heavy atom. The fraction of sp³-hybridized carbons (Fsp3) is 0.500. The second kappa shape index (κ2) is 9.00. The molecular weight excluding hydrogens is 356 g/mol. The molecule has 1 amide bonds. The van der Waals surface area contributed by atoms with Crippen LogP contribution in [0.25, 0.3) is 10.8 Å². The molecule has 144 valence electrons. The van der Waals surface area contributed by atoms with Gasteiger partial charge in [-0.05, 0) is 31.4 Å². The van der Waals surface area contributed by atoms with Crippen LogP contribution >= 0.6 is 12.4 Å². The number of nitrogens with zero attached hydrogens (tertiary/aromatic N) is 1. The van der Waals surface area contributed by atoms with Crippen LogP contribution in [0.1, 0.15) is 33.6 Å². The van der Waals surface area contributed by atoms with Gasteiger partial charge in [-0.2, -0.15) is 0 Å². The van der Waals surface area contributed by atoms with Gasteiger partial charge < -0.3 is 11.1 Å². The average Bonchev–Trinajstić information content (AvgIpc) is 2.56. The Morgan fingerprint density at radius 3 is 2.46 bits per heavy atom.